The number of aryl methyl sites for hydroxylation is 1. The number of likely N-dealkylation sites (tertiary alicyclic amines) is 1. The lowest BCUT2D eigenvalue weighted by Crippen LogP contribution is -2.62. The number of carbonyl (C=O) groups is 5. The van der Waals surface area contributed by atoms with Crippen LogP contribution in [0.25, 0.3) is 22.2 Å². The average molecular weight is 909 g/mol. The van der Waals surface area contributed by atoms with Crippen molar-refractivity contribution in [3.8, 4) is 11.3 Å². The van der Waals surface area contributed by atoms with Crippen LogP contribution in [0.15, 0.2) is 60.8 Å². The second kappa shape index (κ2) is 19.7. The van der Waals surface area contributed by atoms with Crippen LogP contribution >= 0.6 is 0 Å². The number of anilines is 1. The quantitative estimate of drug-likeness (QED) is 0.146. The molecule has 4 amide bonds. The third-order valence-electron chi connectivity index (χ3n) is 13.7. The maximum atomic E-state index is 14.7. The molecule has 4 aliphatic rings. The monoisotopic (exact) mass is 909 g/mol. The van der Waals surface area contributed by atoms with Gasteiger partial charge in [-0.1, -0.05) is 45.9 Å². The van der Waals surface area contributed by atoms with E-state index in [4.69, 9.17) is 14.5 Å². The highest BCUT2D eigenvalue weighted by atomic mass is 16.5. The molecule has 66 heavy (non-hydrogen) atoms. The van der Waals surface area contributed by atoms with Crippen LogP contribution < -0.4 is 15.6 Å². The van der Waals surface area contributed by atoms with Gasteiger partial charge in [-0.05, 0) is 93.8 Å². The molecular formula is C50H68N8O8. The summed E-state index contributed by atoms with van der Waals surface area (Å²) in [6.45, 7) is 17.8. The Bertz CT molecular complexity index is 2390. The van der Waals surface area contributed by atoms with Crippen LogP contribution in [0.1, 0.15) is 91.0 Å². The fraction of sp³-hybridized carbons (Fsp3) is 0.560. The Morgan fingerprint density at radius 2 is 1.92 bits per heavy atom. The number of benzene rings is 1. The lowest BCUT2D eigenvalue weighted by Gasteiger charge is -2.38. The largest absolute Gasteiger partial charge is 0.464 e. The van der Waals surface area contributed by atoms with Crippen molar-refractivity contribution in [2.24, 2.45) is 11.3 Å². The number of amides is 4. The molecule has 16 nitrogen and oxygen atoms in total. The first-order valence-corrected chi connectivity index (χ1v) is 23.4. The molecule has 6 bridgehead atoms. The zero-order chi connectivity index (χ0) is 47.7. The van der Waals surface area contributed by atoms with E-state index in [0.717, 1.165) is 57.3 Å². The molecule has 0 spiro atoms. The van der Waals surface area contributed by atoms with Gasteiger partial charge in [-0.2, -0.15) is 0 Å². The third kappa shape index (κ3) is 9.77. The number of esters is 1. The predicted octanol–water partition coefficient (Wildman–Crippen LogP) is 4.70. The van der Waals surface area contributed by atoms with Gasteiger partial charge in [0.15, 0.2) is 5.60 Å². The van der Waals surface area contributed by atoms with Gasteiger partial charge in [-0.25, -0.2) is 5.43 Å². The van der Waals surface area contributed by atoms with E-state index in [1.807, 2.05) is 13.0 Å². The number of methoxy groups -OCH3 is 1. The van der Waals surface area contributed by atoms with Gasteiger partial charge in [0.1, 0.15) is 18.1 Å². The van der Waals surface area contributed by atoms with Crippen molar-refractivity contribution in [3.05, 3.63) is 72.1 Å². The van der Waals surface area contributed by atoms with E-state index in [9.17, 15) is 29.1 Å². The molecule has 0 aliphatic carbocycles. The number of fused-ring (bicyclic) bond motifs is 6. The molecule has 7 rings (SSSR count). The standard InChI is InChI=1S/C50H68N8O8/c1-10-41(59)56-24-20-50(64,29-56)48(63)54(8)43(31(3)4)45(60)52-39-25-33-15-13-22-55(28-33)34-18-19-40-36(26-34)37(44(57(40)11-2)35-16-12-21-51-42(35)32(5)65-9)27-49(6,7)30-66-47(62)38-17-14-23-58(53-38)46(39)61/h10,12,15-16,18-19,21,26,31-32,38-39,43,53,64H,1,11,13-14,17,20,22-25,27-30H2,2-9H3,(H,52,60)/t32-,38-,39-,43-,50+/m0/s1. The maximum Gasteiger partial charge on any atom is 0.324 e. The Kier molecular flexibility index (Phi) is 14.4. The Labute approximate surface area is 388 Å². The van der Waals surface area contributed by atoms with Crippen molar-refractivity contribution in [1.82, 2.24) is 35.1 Å². The number of cyclic esters (lactones) is 1. The molecule has 2 fully saturated rings. The van der Waals surface area contributed by atoms with Crippen molar-refractivity contribution in [3.63, 3.8) is 0 Å². The lowest BCUT2D eigenvalue weighted by molar-refractivity contribution is -0.156. The molecule has 3 aromatic rings. The summed E-state index contributed by atoms with van der Waals surface area (Å²) in [7, 11) is 3.15. The van der Waals surface area contributed by atoms with E-state index in [0.29, 0.717) is 45.3 Å². The van der Waals surface area contributed by atoms with Gasteiger partial charge in [0.25, 0.3) is 11.8 Å². The molecule has 2 saturated heterocycles. The average Bonchev–Trinajstić information content (AvgIpc) is 3.86. The molecule has 0 radical (unpaired) electrons. The van der Waals surface area contributed by atoms with Crippen molar-refractivity contribution in [1.29, 1.82) is 0 Å². The van der Waals surface area contributed by atoms with Crippen molar-refractivity contribution >= 4 is 46.2 Å². The minimum absolute atomic E-state index is 0.00856. The molecule has 0 unspecified atom stereocenters. The summed E-state index contributed by atoms with van der Waals surface area (Å²) >= 11 is 0. The number of carbonyl (C=O) groups excluding carboxylic acids is 5. The number of nitrogens with one attached hydrogen (secondary N) is 2. The molecule has 16 heteroatoms. The van der Waals surface area contributed by atoms with E-state index in [1.54, 1.807) is 27.2 Å². The lowest BCUT2D eigenvalue weighted by atomic mass is 9.84. The number of hydrogen-bond donors (Lipinski definition) is 3. The van der Waals surface area contributed by atoms with Gasteiger partial charge in [0, 0.05) is 87.1 Å². The highest BCUT2D eigenvalue weighted by Crippen LogP contribution is 2.42. The molecule has 356 valence electrons. The van der Waals surface area contributed by atoms with Gasteiger partial charge in [0.05, 0.1) is 30.6 Å². The smallest absolute Gasteiger partial charge is 0.324 e. The highest BCUT2D eigenvalue weighted by molar-refractivity contribution is 5.96. The topological polar surface area (TPSA) is 179 Å². The number of ether oxygens (including phenoxy) is 2. The number of nitrogens with zero attached hydrogens (tertiary/aromatic N) is 6. The normalized spacial score (nSPS) is 23.5. The fourth-order valence-corrected chi connectivity index (χ4v) is 10.2. The number of β-amino-alcohol motifs (C(OH)–C–C–N with tert-alkyl or cyclic N) is 1. The minimum Gasteiger partial charge on any atom is -0.464 e. The van der Waals surface area contributed by atoms with Crippen LogP contribution in [-0.4, -0.2) is 136 Å². The molecule has 3 N–H and O–H groups in total. The van der Waals surface area contributed by atoms with Crippen LogP contribution in [-0.2, 0) is 46.4 Å². The van der Waals surface area contributed by atoms with E-state index < -0.39 is 64.7 Å². The number of pyridine rings is 1. The summed E-state index contributed by atoms with van der Waals surface area (Å²) in [6, 6.07) is 7.70. The first-order chi connectivity index (χ1) is 31.4. The predicted molar refractivity (Wildman–Crippen MR) is 252 cm³/mol. The highest BCUT2D eigenvalue weighted by Gasteiger charge is 2.48. The summed E-state index contributed by atoms with van der Waals surface area (Å²) in [5, 5.41) is 17.0. The second-order valence-corrected chi connectivity index (χ2v) is 19.5. The SMILES string of the molecule is C=CC(=O)N1CC[C@](O)(C(=O)N(C)[C@H](C(=O)N[C@H]2CC3=CCCN(C3)c3ccc4c(c3)c(c(-c3cccnc3[C@H](C)OC)n4CC)CC(C)(C)COC(=O)[C@@H]3CCCN(N3)C2=O)C(C)C)C1. The molecule has 6 heterocycles. The number of aliphatic hydroxyl groups is 1. The van der Waals surface area contributed by atoms with Crippen molar-refractivity contribution in [2.45, 2.75) is 116 Å². The fourth-order valence-electron chi connectivity index (χ4n) is 10.2. The van der Waals surface area contributed by atoms with E-state index in [-0.39, 0.29) is 38.6 Å². The van der Waals surface area contributed by atoms with Gasteiger partial charge >= 0.3 is 5.97 Å². The van der Waals surface area contributed by atoms with E-state index in [1.165, 1.54) is 21.9 Å². The summed E-state index contributed by atoms with van der Waals surface area (Å²) in [4.78, 5) is 79.2. The Hall–Kier alpha value is -5.58. The third-order valence-corrected chi connectivity index (χ3v) is 13.7. The van der Waals surface area contributed by atoms with Crippen molar-refractivity contribution in [2.75, 3.05) is 58.4 Å². The molecular weight excluding hydrogens is 841 g/mol. The number of aromatic nitrogens is 2. The number of hydrazine groups is 1. The maximum absolute atomic E-state index is 14.7. The molecule has 0 saturated carbocycles. The van der Waals surface area contributed by atoms with Gasteiger partial charge in [-0.15, -0.1) is 0 Å². The molecule has 1 aromatic carbocycles. The van der Waals surface area contributed by atoms with E-state index >= 15 is 0 Å². The molecule has 5 atom stereocenters. The van der Waals surface area contributed by atoms with Crippen LogP contribution in [0.4, 0.5) is 5.69 Å². The number of rotatable bonds is 10. The van der Waals surface area contributed by atoms with Gasteiger partial charge < -0.3 is 39.2 Å². The Balaban J connectivity index is 1.25. The summed E-state index contributed by atoms with van der Waals surface area (Å²) in [5.74, 6) is -2.94. The van der Waals surface area contributed by atoms with Gasteiger partial charge in [-0.3, -0.25) is 34.0 Å². The van der Waals surface area contributed by atoms with Crippen LogP contribution in [0.2, 0.25) is 0 Å². The molecule has 4 aliphatic heterocycles. The number of likely N-dealkylation sites (N-methyl/N-ethyl adjacent to an activating group) is 1. The van der Waals surface area contributed by atoms with Gasteiger partial charge in [0.2, 0.25) is 11.8 Å². The molecule has 2 aromatic heterocycles. The van der Waals surface area contributed by atoms with Crippen molar-refractivity contribution < 1.29 is 38.6 Å². The number of hydrogen-bond acceptors (Lipinski definition) is 11. The zero-order valence-electron chi connectivity index (χ0n) is 39.9. The van der Waals surface area contributed by atoms with Crippen LogP contribution in [0.5, 0.6) is 0 Å². The summed E-state index contributed by atoms with van der Waals surface area (Å²) in [5.41, 5.74) is 7.80. The minimum atomic E-state index is -1.89. The summed E-state index contributed by atoms with van der Waals surface area (Å²) < 4.78 is 14.3. The second-order valence-electron chi connectivity index (χ2n) is 19.5. The Morgan fingerprint density at radius 1 is 1.15 bits per heavy atom. The van der Waals surface area contributed by atoms with Crippen LogP contribution in [0, 0.1) is 11.3 Å². The Morgan fingerprint density at radius 3 is 2.64 bits per heavy atom. The zero-order valence-corrected chi connectivity index (χ0v) is 39.9. The van der Waals surface area contributed by atoms with E-state index in [2.05, 4.69) is 77.9 Å². The first kappa shape index (κ1) is 48.4. The summed E-state index contributed by atoms with van der Waals surface area (Å²) in [6.07, 6.45) is 7.29. The van der Waals surface area contributed by atoms with Crippen LogP contribution in [0.3, 0.4) is 0 Å². The first-order valence-electron chi connectivity index (χ1n) is 23.4.